The first kappa shape index (κ1) is 15.8. The summed E-state index contributed by atoms with van der Waals surface area (Å²) in [5, 5.41) is 4.29. The molecule has 2 heterocycles. The Bertz CT molecular complexity index is 579. The van der Waals surface area contributed by atoms with Crippen molar-refractivity contribution in [3.05, 3.63) is 16.3 Å². The second kappa shape index (κ2) is 5.66. The molecule has 0 aliphatic carbocycles. The second-order valence-corrected chi connectivity index (χ2v) is 7.09. The number of nitrogens with zero attached hydrogens (tertiary/aromatic N) is 4. The molecule has 1 aliphatic heterocycles. The maximum absolute atomic E-state index is 12.4. The highest BCUT2D eigenvalue weighted by Crippen LogP contribution is 2.16. The molecule has 0 radical (unpaired) electrons. The van der Waals surface area contributed by atoms with Crippen molar-refractivity contribution in [1.29, 1.82) is 0 Å². The Hall–Kier alpha value is -1.59. The molecule has 1 fully saturated rings. The third kappa shape index (κ3) is 3.36. The van der Waals surface area contributed by atoms with Gasteiger partial charge in [0.2, 0.25) is 5.91 Å². The molecular weight excluding hydrogens is 268 g/mol. The van der Waals surface area contributed by atoms with Crippen LogP contribution in [0.4, 0.5) is 0 Å². The van der Waals surface area contributed by atoms with Gasteiger partial charge in [-0.05, 0) is 46.5 Å². The Kier molecular flexibility index (Phi) is 4.25. The zero-order valence-corrected chi connectivity index (χ0v) is 13.7. The fraction of sp³-hybridized carbons (Fsp3) is 0.800. The van der Waals surface area contributed by atoms with Gasteiger partial charge in [0.1, 0.15) is 12.4 Å². The fourth-order valence-electron chi connectivity index (χ4n) is 2.76. The van der Waals surface area contributed by atoms with Gasteiger partial charge in [0, 0.05) is 13.1 Å². The largest absolute Gasteiger partial charge is 0.346 e. The van der Waals surface area contributed by atoms with Gasteiger partial charge in [0.25, 0.3) is 0 Å². The highest BCUT2D eigenvalue weighted by molar-refractivity contribution is 5.76. The summed E-state index contributed by atoms with van der Waals surface area (Å²) < 4.78 is 2.93. The van der Waals surface area contributed by atoms with Crippen LogP contribution in [-0.2, 0) is 16.9 Å². The second-order valence-electron chi connectivity index (χ2n) is 7.09. The number of aromatic nitrogens is 3. The highest BCUT2D eigenvalue weighted by atomic mass is 16.2. The molecule has 1 aliphatic rings. The van der Waals surface area contributed by atoms with Gasteiger partial charge in [0.15, 0.2) is 0 Å². The van der Waals surface area contributed by atoms with Crippen LogP contribution >= 0.6 is 0 Å². The summed E-state index contributed by atoms with van der Waals surface area (Å²) in [6.45, 7) is 11.4. The normalized spacial score (nSPS) is 19.9. The molecule has 0 bridgehead atoms. The molecule has 1 atom stereocenters. The Morgan fingerprint density at radius 2 is 2.05 bits per heavy atom. The van der Waals surface area contributed by atoms with E-state index >= 15 is 0 Å². The summed E-state index contributed by atoms with van der Waals surface area (Å²) in [7, 11) is 0. The van der Waals surface area contributed by atoms with Crippen molar-refractivity contribution in [3.8, 4) is 0 Å². The summed E-state index contributed by atoms with van der Waals surface area (Å²) >= 11 is 0. The average Bonchev–Trinajstić information content (AvgIpc) is 2.66. The predicted molar refractivity (Wildman–Crippen MR) is 81.2 cm³/mol. The molecule has 0 N–H and O–H groups in total. The predicted octanol–water partition coefficient (Wildman–Crippen LogP) is 1.37. The van der Waals surface area contributed by atoms with Gasteiger partial charge in [-0.1, -0.05) is 6.92 Å². The van der Waals surface area contributed by atoms with Crippen LogP contribution in [0.2, 0.25) is 0 Å². The van der Waals surface area contributed by atoms with Crippen molar-refractivity contribution < 1.29 is 4.79 Å². The maximum Gasteiger partial charge on any atom is 0.346 e. The number of carbonyl (C=O) groups is 1. The summed E-state index contributed by atoms with van der Waals surface area (Å²) in [6, 6.07) is 0. The monoisotopic (exact) mass is 294 g/mol. The van der Waals surface area contributed by atoms with Crippen molar-refractivity contribution in [3.63, 3.8) is 0 Å². The Morgan fingerprint density at radius 3 is 2.57 bits per heavy atom. The number of likely N-dealkylation sites (tertiary alicyclic amines) is 1. The van der Waals surface area contributed by atoms with E-state index in [1.807, 2.05) is 25.7 Å². The van der Waals surface area contributed by atoms with Gasteiger partial charge in [-0.3, -0.25) is 9.36 Å². The van der Waals surface area contributed by atoms with E-state index in [1.54, 1.807) is 6.92 Å². The van der Waals surface area contributed by atoms with Gasteiger partial charge in [-0.15, -0.1) is 0 Å². The summed E-state index contributed by atoms with van der Waals surface area (Å²) in [6.07, 6.45) is 2.22. The summed E-state index contributed by atoms with van der Waals surface area (Å²) in [4.78, 5) is 26.7. The Morgan fingerprint density at radius 1 is 1.38 bits per heavy atom. The van der Waals surface area contributed by atoms with Crippen molar-refractivity contribution in [1.82, 2.24) is 19.2 Å². The lowest BCUT2D eigenvalue weighted by Gasteiger charge is -2.31. The molecule has 0 aromatic carbocycles. The van der Waals surface area contributed by atoms with E-state index in [0.29, 0.717) is 11.7 Å². The molecule has 1 unspecified atom stereocenters. The number of aryl methyl sites for hydroxylation is 1. The topological polar surface area (TPSA) is 60.1 Å². The van der Waals surface area contributed by atoms with Gasteiger partial charge in [0.05, 0.1) is 5.54 Å². The number of rotatable bonds is 2. The van der Waals surface area contributed by atoms with Gasteiger partial charge in [-0.2, -0.15) is 5.10 Å². The van der Waals surface area contributed by atoms with Gasteiger partial charge < -0.3 is 4.90 Å². The number of hydrogen-bond donors (Lipinski definition) is 0. The third-order valence-electron chi connectivity index (χ3n) is 3.99. The maximum atomic E-state index is 12.4. The smallest absolute Gasteiger partial charge is 0.341 e. The Labute approximate surface area is 125 Å². The lowest BCUT2D eigenvalue weighted by Crippen LogP contribution is -2.43. The van der Waals surface area contributed by atoms with E-state index in [2.05, 4.69) is 12.0 Å². The molecule has 6 nitrogen and oxygen atoms in total. The van der Waals surface area contributed by atoms with Crippen LogP contribution in [0.5, 0.6) is 0 Å². The zero-order chi connectivity index (χ0) is 15.8. The molecule has 1 saturated heterocycles. The minimum absolute atomic E-state index is 0.0141. The zero-order valence-electron chi connectivity index (χ0n) is 13.7. The fourth-order valence-corrected chi connectivity index (χ4v) is 2.76. The number of carbonyl (C=O) groups excluding carboxylic acids is 1. The van der Waals surface area contributed by atoms with Crippen LogP contribution in [0.3, 0.4) is 0 Å². The first-order valence-corrected chi connectivity index (χ1v) is 7.65. The molecule has 1 amide bonds. The Balaban J connectivity index is 2.18. The van der Waals surface area contributed by atoms with E-state index in [0.717, 1.165) is 19.5 Å². The highest BCUT2D eigenvalue weighted by Gasteiger charge is 2.25. The molecule has 1 aromatic heterocycles. The van der Waals surface area contributed by atoms with Gasteiger partial charge in [-0.25, -0.2) is 9.48 Å². The third-order valence-corrected chi connectivity index (χ3v) is 3.99. The van der Waals surface area contributed by atoms with Crippen LogP contribution in [0.1, 0.15) is 46.4 Å². The lowest BCUT2D eigenvalue weighted by atomic mass is 10.0. The first-order chi connectivity index (χ1) is 9.70. The molecule has 6 heteroatoms. The van der Waals surface area contributed by atoms with Crippen molar-refractivity contribution in [2.75, 3.05) is 13.1 Å². The van der Waals surface area contributed by atoms with Crippen LogP contribution in [0, 0.1) is 12.8 Å². The molecule has 0 spiro atoms. The quantitative estimate of drug-likeness (QED) is 0.827. The molecular formula is C15H26N4O2. The molecule has 0 saturated carbocycles. The van der Waals surface area contributed by atoms with Crippen LogP contribution in [0.25, 0.3) is 0 Å². The number of piperidine rings is 1. The summed E-state index contributed by atoms with van der Waals surface area (Å²) in [5.74, 6) is 1.14. The van der Waals surface area contributed by atoms with Crippen molar-refractivity contribution in [2.45, 2.75) is 59.5 Å². The number of hydrogen-bond acceptors (Lipinski definition) is 3. The SMILES string of the molecule is Cc1nn(C(C)(C)C)c(=O)n1CC(=O)N1CCCC(C)C1. The van der Waals surface area contributed by atoms with Crippen molar-refractivity contribution in [2.24, 2.45) is 5.92 Å². The minimum Gasteiger partial charge on any atom is -0.341 e. The molecule has 118 valence electrons. The van der Waals surface area contributed by atoms with E-state index in [1.165, 1.54) is 15.7 Å². The van der Waals surface area contributed by atoms with Crippen molar-refractivity contribution >= 4 is 5.91 Å². The summed E-state index contributed by atoms with van der Waals surface area (Å²) in [5.41, 5.74) is -0.589. The van der Waals surface area contributed by atoms with Crippen LogP contribution in [0.15, 0.2) is 4.79 Å². The average molecular weight is 294 g/mol. The van der Waals surface area contributed by atoms with Crippen LogP contribution < -0.4 is 5.69 Å². The lowest BCUT2D eigenvalue weighted by molar-refractivity contribution is -0.133. The number of amides is 1. The minimum atomic E-state index is -0.379. The molecule has 21 heavy (non-hydrogen) atoms. The molecule has 1 aromatic rings. The van der Waals surface area contributed by atoms with E-state index in [9.17, 15) is 9.59 Å². The van der Waals surface area contributed by atoms with E-state index in [4.69, 9.17) is 0 Å². The standard InChI is InChI=1S/C15H26N4O2/c1-11-7-6-8-17(9-11)13(20)10-18-12(2)16-19(14(18)21)15(3,4)5/h11H,6-10H2,1-5H3. The van der Waals surface area contributed by atoms with Gasteiger partial charge >= 0.3 is 5.69 Å². The first-order valence-electron chi connectivity index (χ1n) is 7.65. The van der Waals surface area contributed by atoms with E-state index in [-0.39, 0.29) is 23.7 Å². The molecule has 2 rings (SSSR count). The van der Waals surface area contributed by atoms with Crippen LogP contribution in [-0.4, -0.2) is 38.2 Å². The van der Waals surface area contributed by atoms with E-state index < -0.39 is 0 Å².